The van der Waals surface area contributed by atoms with E-state index < -0.39 is 0 Å². The summed E-state index contributed by atoms with van der Waals surface area (Å²) >= 11 is 5.99. The molecule has 1 rings (SSSR count). The number of hydrogen-bond acceptors (Lipinski definition) is 3. The van der Waals surface area contributed by atoms with Gasteiger partial charge >= 0.3 is 5.97 Å². The first-order chi connectivity index (χ1) is 9.83. The van der Waals surface area contributed by atoms with Crippen molar-refractivity contribution in [1.82, 2.24) is 0 Å². The normalized spacial score (nSPS) is 11.3. The monoisotopic (exact) mass is 311 g/mol. The Morgan fingerprint density at radius 2 is 1.76 bits per heavy atom. The number of carbonyl (C=O) groups excluding carboxylic acids is 1. The summed E-state index contributed by atoms with van der Waals surface area (Å²) in [4.78, 5) is 11.9. The number of esters is 1. The fourth-order valence-corrected chi connectivity index (χ4v) is 2.67. The van der Waals surface area contributed by atoms with E-state index in [9.17, 15) is 4.79 Å². The Labute approximate surface area is 133 Å². The van der Waals surface area contributed by atoms with Crippen molar-refractivity contribution in [2.24, 2.45) is 11.8 Å². The van der Waals surface area contributed by atoms with Crippen LogP contribution in [0, 0.1) is 11.8 Å². The lowest BCUT2D eigenvalue weighted by Gasteiger charge is -2.24. The highest BCUT2D eigenvalue weighted by atomic mass is 35.5. The lowest BCUT2D eigenvalue weighted by molar-refractivity contribution is 0.0602. The molecule has 3 nitrogen and oxygen atoms in total. The lowest BCUT2D eigenvalue weighted by Crippen LogP contribution is -2.25. The van der Waals surface area contributed by atoms with Crippen LogP contribution in [0.2, 0.25) is 5.02 Å². The van der Waals surface area contributed by atoms with E-state index in [1.807, 2.05) is 6.07 Å². The Hall–Kier alpha value is -1.22. The first kappa shape index (κ1) is 17.8. The summed E-state index contributed by atoms with van der Waals surface area (Å²) in [5.41, 5.74) is 1.28. The van der Waals surface area contributed by atoms with Crippen molar-refractivity contribution in [3.63, 3.8) is 0 Å². The first-order valence-electron chi connectivity index (χ1n) is 7.47. The largest absolute Gasteiger partial charge is 0.465 e. The van der Waals surface area contributed by atoms with Gasteiger partial charge in [-0.15, -0.1) is 0 Å². The Morgan fingerprint density at radius 1 is 1.19 bits per heavy atom. The SMILES string of the molecule is COC(=O)c1cc(Cl)ccc1NC(CC(C)C)CC(C)C. The third-order valence-electron chi connectivity index (χ3n) is 3.26. The number of rotatable bonds is 7. The molecule has 1 N–H and O–H groups in total. The Balaban J connectivity index is 2.99. The van der Waals surface area contributed by atoms with E-state index in [2.05, 4.69) is 33.0 Å². The number of halogens is 1. The summed E-state index contributed by atoms with van der Waals surface area (Å²) < 4.78 is 4.84. The van der Waals surface area contributed by atoms with Crippen LogP contribution in [0.4, 0.5) is 5.69 Å². The highest BCUT2D eigenvalue weighted by Crippen LogP contribution is 2.25. The molecule has 4 heteroatoms. The average molecular weight is 312 g/mol. The molecular formula is C17H26ClNO2. The average Bonchev–Trinajstić information content (AvgIpc) is 2.38. The second-order valence-corrected chi connectivity index (χ2v) is 6.72. The van der Waals surface area contributed by atoms with Crippen molar-refractivity contribution >= 4 is 23.3 Å². The highest BCUT2D eigenvalue weighted by molar-refractivity contribution is 6.31. The summed E-state index contributed by atoms with van der Waals surface area (Å²) in [6.07, 6.45) is 2.11. The fourth-order valence-electron chi connectivity index (χ4n) is 2.49. The van der Waals surface area contributed by atoms with Gasteiger partial charge in [0.05, 0.1) is 12.7 Å². The van der Waals surface area contributed by atoms with Crippen LogP contribution in [0.15, 0.2) is 18.2 Å². The zero-order valence-corrected chi connectivity index (χ0v) is 14.3. The van der Waals surface area contributed by atoms with E-state index in [1.54, 1.807) is 12.1 Å². The standard InChI is InChI=1S/C17H26ClNO2/c1-11(2)8-14(9-12(3)4)19-16-7-6-13(18)10-15(16)17(20)21-5/h6-7,10-12,14,19H,8-9H2,1-5H3. The minimum atomic E-state index is -0.368. The molecule has 0 saturated carbocycles. The lowest BCUT2D eigenvalue weighted by atomic mass is 9.95. The van der Waals surface area contributed by atoms with Crippen molar-refractivity contribution in [2.45, 2.75) is 46.6 Å². The molecule has 118 valence electrons. The van der Waals surface area contributed by atoms with Gasteiger partial charge in [-0.25, -0.2) is 4.79 Å². The molecule has 0 radical (unpaired) electrons. The maximum Gasteiger partial charge on any atom is 0.340 e. The van der Waals surface area contributed by atoms with E-state index >= 15 is 0 Å². The van der Waals surface area contributed by atoms with E-state index in [0.717, 1.165) is 18.5 Å². The molecule has 0 amide bonds. The maximum absolute atomic E-state index is 11.9. The van der Waals surface area contributed by atoms with Crippen LogP contribution in [0.1, 0.15) is 50.9 Å². The van der Waals surface area contributed by atoms with Crippen LogP contribution in [-0.4, -0.2) is 19.1 Å². The van der Waals surface area contributed by atoms with Gasteiger partial charge in [-0.05, 0) is 42.9 Å². The second-order valence-electron chi connectivity index (χ2n) is 6.28. The Bertz CT molecular complexity index is 462. The molecule has 0 bridgehead atoms. The molecule has 0 aliphatic rings. The molecule has 21 heavy (non-hydrogen) atoms. The first-order valence-corrected chi connectivity index (χ1v) is 7.85. The number of ether oxygens (including phenoxy) is 1. The molecule has 0 spiro atoms. The number of hydrogen-bond donors (Lipinski definition) is 1. The van der Waals surface area contributed by atoms with Crippen molar-refractivity contribution in [2.75, 3.05) is 12.4 Å². The third kappa shape index (κ3) is 5.96. The highest BCUT2D eigenvalue weighted by Gasteiger charge is 2.18. The molecule has 0 aromatic heterocycles. The Kier molecular flexibility index (Phi) is 7.03. The molecule has 0 heterocycles. The van der Waals surface area contributed by atoms with Gasteiger partial charge in [0.25, 0.3) is 0 Å². The quantitative estimate of drug-likeness (QED) is 0.720. The molecule has 0 atom stereocenters. The molecule has 1 aromatic carbocycles. The summed E-state index contributed by atoms with van der Waals surface area (Å²) in [5.74, 6) is 0.818. The summed E-state index contributed by atoms with van der Waals surface area (Å²) in [6.45, 7) is 8.83. The van der Waals surface area contributed by atoms with Gasteiger partial charge in [0.1, 0.15) is 0 Å². The van der Waals surface area contributed by atoms with Gasteiger partial charge in [0.15, 0.2) is 0 Å². The van der Waals surface area contributed by atoms with E-state index in [1.165, 1.54) is 7.11 Å². The van der Waals surface area contributed by atoms with Crippen molar-refractivity contribution < 1.29 is 9.53 Å². The summed E-state index contributed by atoms with van der Waals surface area (Å²) in [5, 5.41) is 4.03. The number of anilines is 1. The van der Waals surface area contributed by atoms with Gasteiger partial charge in [-0.1, -0.05) is 39.3 Å². The van der Waals surface area contributed by atoms with Crippen LogP contribution in [0.5, 0.6) is 0 Å². The molecule has 0 aliphatic carbocycles. The zero-order chi connectivity index (χ0) is 16.0. The van der Waals surface area contributed by atoms with Gasteiger partial charge in [-0.2, -0.15) is 0 Å². The second kappa shape index (κ2) is 8.28. The number of benzene rings is 1. The molecule has 0 fully saturated rings. The van der Waals surface area contributed by atoms with Gasteiger partial charge in [0.2, 0.25) is 0 Å². The topological polar surface area (TPSA) is 38.3 Å². The maximum atomic E-state index is 11.9. The minimum Gasteiger partial charge on any atom is -0.465 e. The summed E-state index contributed by atoms with van der Waals surface area (Å²) in [7, 11) is 1.38. The third-order valence-corrected chi connectivity index (χ3v) is 3.49. The van der Waals surface area contributed by atoms with Gasteiger partial charge in [-0.3, -0.25) is 0 Å². The van der Waals surface area contributed by atoms with Gasteiger partial charge in [0, 0.05) is 16.8 Å². The predicted octanol–water partition coefficient (Wildman–Crippen LogP) is 5.00. The Morgan fingerprint density at radius 3 is 2.24 bits per heavy atom. The zero-order valence-electron chi connectivity index (χ0n) is 13.6. The van der Waals surface area contributed by atoms with E-state index in [-0.39, 0.29) is 5.97 Å². The van der Waals surface area contributed by atoms with Crippen molar-refractivity contribution in [1.29, 1.82) is 0 Å². The number of methoxy groups -OCH3 is 1. The van der Waals surface area contributed by atoms with Crippen molar-refractivity contribution in [3.05, 3.63) is 28.8 Å². The summed E-state index contributed by atoms with van der Waals surface area (Å²) in [6, 6.07) is 5.62. The van der Waals surface area contributed by atoms with Crippen LogP contribution >= 0.6 is 11.6 Å². The van der Waals surface area contributed by atoms with Gasteiger partial charge < -0.3 is 10.1 Å². The molecule has 1 aromatic rings. The fraction of sp³-hybridized carbons (Fsp3) is 0.588. The predicted molar refractivity (Wildman–Crippen MR) is 89.1 cm³/mol. The van der Waals surface area contributed by atoms with Crippen molar-refractivity contribution in [3.8, 4) is 0 Å². The van der Waals surface area contributed by atoms with Crippen LogP contribution in [0.3, 0.4) is 0 Å². The molecule has 0 aliphatic heterocycles. The smallest absolute Gasteiger partial charge is 0.340 e. The number of carbonyl (C=O) groups is 1. The van der Waals surface area contributed by atoms with Crippen LogP contribution in [0.25, 0.3) is 0 Å². The number of nitrogens with one attached hydrogen (secondary N) is 1. The molecular weight excluding hydrogens is 286 g/mol. The van der Waals surface area contributed by atoms with Crippen LogP contribution in [-0.2, 0) is 4.74 Å². The molecule has 0 saturated heterocycles. The van der Waals surface area contributed by atoms with Crippen LogP contribution < -0.4 is 5.32 Å². The molecule has 0 unspecified atom stereocenters. The minimum absolute atomic E-state index is 0.328. The van der Waals surface area contributed by atoms with E-state index in [0.29, 0.717) is 28.5 Å². The van der Waals surface area contributed by atoms with E-state index in [4.69, 9.17) is 16.3 Å².